The molecule has 1 fully saturated rings. The van der Waals surface area contributed by atoms with Gasteiger partial charge in [-0.15, -0.1) is 0 Å². The summed E-state index contributed by atoms with van der Waals surface area (Å²) in [4.78, 5) is 29.2. The number of aromatic nitrogens is 3. The van der Waals surface area contributed by atoms with E-state index in [4.69, 9.17) is 17.3 Å². The lowest BCUT2D eigenvalue weighted by molar-refractivity contribution is 0.0736. The number of rotatable bonds is 9. The van der Waals surface area contributed by atoms with Crippen LogP contribution >= 0.6 is 27.5 Å². The van der Waals surface area contributed by atoms with Crippen molar-refractivity contribution in [3.05, 3.63) is 103 Å². The maximum absolute atomic E-state index is 13.7. The molecule has 1 aliphatic rings. The van der Waals surface area contributed by atoms with E-state index >= 15 is 0 Å². The van der Waals surface area contributed by atoms with Crippen LogP contribution in [0, 0.1) is 6.92 Å². The van der Waals surface area contributed by atoms with E-state index in [9.17, 15) is 9.59 Å². The predicted molar refractivity (Wildman–Crippen MR) is 149 cm³/mol. The Morgan fingerprint density at radius 2 is 1.86 bits per heavy atom. The van der Waals surface area contributed by atoms with E-state index in [2.05, 4.69) is 21.0 Å². The van der Waals surface area contributed by atoms with E-state index in [-0.39, 0.29) is 17.0 Å². The summed E-state index contributed by atoms with van der Waals surface area (Å²) in [6.07, 6.45) is 2.44. The Morgan fingerprint density at radius 1 is 1.16 bits per heavy atom. The first-order valence-corrected chi connectivity index (χ1v) is 13.6. The minimum atomic E-state index is -0.350. The number of halogens is 2. The SMILES string of the molecule is Cc1nn2c(=O)n(Cc3ccccc3)c(C3(CN(CCCN)C(=O)c4ccc(Br)cc4)CC3)cc2c1Cl. The number of aryl methyl sites for hydroxylation is 1. The summed E-state index contributed by atoms with van der Waals surface area (Å²) < 4.78 is 4.10. The van der Waals surface area contributed by atoms with E-state index in [0.29, 0.717) is 54.4 Å². The average molecular weight is 583 g/mol. The molecule has 7 nitrogen and oxygen atoms in total. The maximum Gasteiger partial charge on any atom is 0.349 e. The average Bonchev–Trinajstić information content (AvgIpc) is 3.63. The van der Waals surface area contributed by atoms with Gasteiger partial charge in [0.2, 0.25) is 0 Å². The minimum absolute atomic E-state index is 0.0384. The maximum atomic E-state index is 13.7. The molecule has 2 heterocycles. The Bertz CT molecular complexity index is 1490. The van der Waals surface area contributed by atoms with Gasteiger partial charge in [0, 0.05) is 34.2 Å². The lowest BCUT2D eigenvalue weighted by atomic mass is 9.99. The van der Waals surface area contributed by atoms with Crippen molar-refractivity contribution in [2.24, 2.45) is 5.73 Å². The molecule has 1 amide bonds. The first-order valence-electron chi connectivity index (χ1n) is 12.4. The standard InChI is InChI=1S/C28H29BrClN5O2/c1-19-25(30)23-16-24(34(27(37)35(23)32-19)17-20-6-3-2-4-7-20)28(12-13-28)18-33(15-5-14-31)26(36)21-8-10-22(29)11-9-21/h2-4,6-11,16H,5,12-15,17-18,31H2,1H3. The van der Waals surface area contributed by atoms with Crippen molar-refractivity contribution in [3.63, 3.8) is 0 Å². The molecule has 1 saturated carbocycles. The van der Waals surface area contributed by atoms with Crippen molar-refractivity contribution in [3.8, 4) is 0 Å². The number of nitrogens with zero attached hydrogens (tertiary/aromatic N) is 4. The lowest BCUT2D eigenvalue weighted by Gasteiger charge is -2.30. The van der Waals surface area contributed by atoms with Crippen LogP contribution in [0.1, 0.15) is 46.6 Å². The molecule has 0 saturated heterocycles. The first kappa shape index (κ1) is 25.7. The number of amides is 1. The summed E-state index contributed by atoms with van der Waals surface area (Å²) in [6.45, 7) is 3.75. The molecule has 0 aliphatic heterocycles. The van der Waals surface area contributed by atoms with Crippen LogP contribution in [0.25, 0.3) is 5.52 Å². The van der Waals surface area contributed by atoms with Crippen molar-refractivity contribution in [1.29, 1.82) is 0 Å². The number of nitrogens with two attached hydrogens (primary N) is 1. The summed E-state index contributed by atoms with van der Waals surface area (Å²) in [5.41, 5.74) is 8.98. The highest BCUT2D eigenvalue weighted by Crippen LogP contribution is 2.49. The molecule has 5 rings (SSSR count). The molecule has 37 heavy (non-hydrogen) atoms. The number of carbonyl (C=O) groups is 1. The highest BCUT2D eigenvalue weighted by molar-refractivity contribution is 9.10. The van der Waals surface area contributed by atoms with Crippen molar-refractivity contribution in [2.75, 3.05) is 19.6 Å². The quantitative estimate of drug-likeness (QED) is 0.308. The Hall–Kier alpha value is -2.94. The fourth-order valence-corrected chi connectivity index (χ4v) is 5.34. The molecular weight excluding hydrogens is 554 g/mol. The molecule has 1 aliphatic carbocycles. The van der Waals surface area contributed by atoms with Crippen molar-refractivity contribution in [2.45, 2.75) is 38.1 Å². The zero-order chi connectivity index (χ0) is 26.2. The highest BCUT2D eigenvalue weighted by atomic mass is 79.9. The summed E-state index contributed by atoms with van der Waals surface area (Å²) in [7, 11) is 0. The minimum Gasteiger partial charge on any atom is -0.338 e. The van der Waals surface area contributed by atoms with Gasteiger partial charge in [-0.25, -0.2) is 4.79 Å². The van der Waals surface area contributed by atoms with Crippen molar-refractivity contribution < 1.29 is 4.79 Å². The molecule has 9 heteroatoms. The molecule has 2 aromatic carbocycles. The largest absolute Gasteiger partial charge is 0.349 e. The van der Waals surface area contributed by atoms with Crippen LogP contribution in [0.15, 0.2) is 69.9 Å². The molecule has 192 valence electrons. The van der Waals surface area contributed by atoms with E-state index < -0.39 is 0 Å². The molecule has 4 aromatic rings. The van der Waals surface area contributed by atoms with Gasteiger partial charge in [0.25, 0.3) is 5.91 Å². The number of carbonyl (C=O) groups excluding carboxylic acids is 1. The molecule has 2 N–H and O–H groups in total. The highest BCUT2D eigenvalue weighted by Gasteiger charge is 2.48. The zero-order valence-corrected chi connectivity index (χ0v) is 23.0. The van der Waals surface area contributed by atoms with Gasteiger partial charge in [0.15, 0.2) is 0 Å². The fraction of sp³-hybridized carbons (Fsp3) is 0.321. The van der Waals surface area contributed by atoms with Crippen molar-refractivity contribution >= 4 is 39.0 Å². The van der Waals surface area contributed by atoms with Gasteiger partial charge in [-0.3, -0.25) is 9.36 Å². The Kier molecular flexibility index (Phi) is 7.25. The molecule has 2 aromatic heterocycles. The van der Waals surface area contributed by atoms with Crippen LogP contribution in [-0.2, 0) is 12.0 Å². The van der Waals surface area contributed by atoms with Crippen LogP contribution < -0.4 is 11.4 Å². The number of hydrogen-bond acceptors (Lipinski definition) is 4. The first-order chi connectivity index (χ1) is 17.8. The molecule has 0 spiro atoms. The third-order valence-electron chi connectivity index (χ3n) is 7.08. The second-order valence-corrected chi connectivity index (χ2v) is 11.0. The smallest absolute Gasteiger partial charge is 0.338 e. The Labute approximate surface area is 229 Å². The second-order valence-electron chi connectivity index (χ2n) is 9.74. The third-order valence-corrected chi connectivity index (χ3v) is 8.08. The van der Waals surface area contributed by atoms with E-state index in [1.165, 1.54) is 4.52 Å². The van der Waals surface area contributed by atoms with Gasteiger partial charge in [-0.05, 0) is 68.6 Å². The third kappa shape index (κ3) is 5.10. The monoisotopic (exact) mass is 581 g/mol. The molecule has 0 unspecified atom stereocenters. The molecule has 0 bridgehead atoms. The molecule has 0 atom stereocenters. The lowest BCUT2D eigenvalue weighted by Crippen LogP contribution is -2.42. The topological polar surface area (TPSA) is 85.6 Å². The van der Waals surface area contributed by atoms with Gasteiger partial charge in [0.1, 0.15) is 0 Å². The molecular formula is C28H29BrClN5O2. The van der Waals surface area contributed by atoms with Gasteiger partial charge in [-0.2, -0.15) is 9.61 Å². The Balaban J connectivity index is 1.58. The Morgan fingerprint density at radius 3 is 2.51 bits per heavy atom. The van der Waals surface area contributed by atoms with Crippen LogP contribution in [0.4, 0.5) is 0 Å². The predicted octanol–water partition coefficient (Wildman–Crippen LogP) is 4.79. The van der Waals surface area contributed by atoms with Gasteiger partial charge < -0.3 is 10.6 Å². The van der Waals surface area contributed by atoms with Gasteiger partial charge >= 0.3 is 5.69 Å². The van der Waals surface area contributed by atoms with Crippen LogP contribution in [0.2, 0.25) is 5.02 Å². The summed E-state index contributed by atoms with van der Waals surface area (Å²) in [5.74, 6) is -0.0384. The fourth-order valence-electron chi connectivity index (χ4n) is 4.90. The zero-order valence-electron chi connectivity index (χ0n) is 20.7. The van der Waals surface area contributed by atoms with Gasteiger partial charge in [-0.1, -0.05) is 57.9 Å². The summed E-state index contributed by atoms with van der Waals surface area (Å²) in [5, 5.41) is 4.88. The van der Waals surface area contributed by atoms with E-state index in [0.717, 1.165) is 28.6 Å². The molecule has 0 radical (unpaired) electrons. The number of benzene rings is 2. The van der Waals surface area contributed by atoms with E-state index in [1.54, 1.807) is 11.5 Å². The number of hydrogen-bond donors (Lipinski definition) is 1. The van der Waals surface area contributed by atoms with Crippen LogP contribution in [0.5, 0.6) is 0 Å². The summed E-state index contributed by atoms with van der Waals surface area (Å²) in [6, 6.07) is 19.3. The second kappa shape index (κ2) is 10.4. The van der Waals surface area contributed by atoms with Crippen LogP contribution in [-0.4, -0.2) is 44.6 Å². The van der Waals surface area contributed by atoms with Crippen molar-refractivity contribution in [1.82, 2.24) is 19.1 Å². The summed E-state index contributed by atoms with van der Waals surface area (Å²) >= 11 is 10.0. The van der Waals surface area contributed by atoms with Gasteiger partial charge in [0.05, 0.1) is 22.8 Å². The normalized spacial score (nSPS) is 14.2. The van der Waals surface area contributed by atoms with E-state index in [1.807, 2.05) is 65.6 Å². The van der Waals surface area contributed by atoms with Crippen LogP contribution in [0.3, 0.4) is 0 Å². The number of fused-ring (bicyclic) bond motifs is 1.